The summed E-state index contributed by atoms with van der Waals surface area (Å²) in [4.78, 5) is 2.53. The lowest BCUT2D eigenvalue weighted by molar-refractivity contribution is 0.244. The third-order valence-electron chi connectivity index (χ3n) is 3.94. The van der Waals surface area contributed by atoms with E-state index in [1.165, 1.54) is 16.5 Å². The molecular weight excluding hydrogens is 258 g/mol. The van der Waals surface area contributed by atoms with E-state index in [0.29, 0.717) is 0 Å². The van der Waals surface area contributed by atoms with E-state index in [1.54, 1.807) is 0 Å². The lowest BCUT2D eigenvalue weighted by Gasteiger charge is -2.26. The summed E-state index contributed by atoms with van der Waals surface area (Å²) in [6.07, 6.45) is 3.33. The van der Waals surface area contributed by atoms with Crippen LogP contribution in [0.3, 0.4) is 0 Å². The molecule has 2 heterocycles. The molecule has 2 aromatic rings. The fraction of sp³-hybridized carbons (Fsp3) is 0.467. The van der Waals surface area contributed by atoms with Crippen LogP contribution in [0, 0.1) is 0 Å². The van der Waals surface area contributed by atoms with Crippen LogP contribution >= 0.6 is 11.6 Å². The predicted octanol–water partition coefficient (Wildman–Crippen LogP) is 2.28. The minimum Gasteiger partial charge on any atom is -0.350 e. The van der Waals surface area contributed by atoms with Gasteiger partial charge >= 0.3 is 0 Å². The monoisotopic (exact) mass is 277 g/mol. The Hall–Kier alpha value is -1.03. The van der Waals surface area contributed by atoms with Gasteiger partial charge in [0.15, 0.2) is 0 Å². The highest BCUT2D eigenvalue weighted by atomic mass is 35.5. The average molecular weight is 278 g/mol. The fourth-order valence-electron chi connectivity index (χ4n) is 2.86. The van der Waals surface area contributed by atoms with E-state index in [2.05, 4.69) is 40.2 Å². The second-order valence-corrected chi connectivity index (χ2v) is 5.70. The molecule has 1 aliphatic rings. The Morgan fingerprint density at radius 2 is 2.05 bits per heavy atom. The van der Waals surface area contributed by atoms with Crippen molar-refractivity contribution in [3.05, 3.63) is 35.0 Å². The standard InChI is InChI=1S/C15H20ClN3/c1-18-11-12(4-7-19-8-5-17-6-9-19)14-10-13(16)2-3-15(14)18/h2-3,10-11,17H,4-9H2,1H3. The van der Waals surface area contributed by atoms with Crippen LogP contribution in [0.25, 0.3) is 10.9 Å². The van der Waals surface area contributed by atoms with Gasteiger partial charge in [-0.1, -0.05) is 11.6 Å². The number of aryl methyl sites for hydroxylation is 1. The Bertz CT molecular complexity index is 570. The summed E-state index contributed by atoms with van der Waals surface area (Å²) in [5, 5.41) is 5.51. The van der Waals surface area contributed by atoms with Crippen molar-refractivity contribution in [3.63, 3.8) is 0 Å². The van der Waals surface area contributed by atoms with Gasteiger partial charge in [0.1, 0.15) is 0 Å². The molecule has 3 nitrogen and oxygen atoms in total. The Balaban J connectivity index is 1.78. The number of nitrogens with zero attached hydrogens (tertiary/aromatic N) is 2. The van der Waals surface area contributed by atoms with Crippen LogP contribution in [0.15, 0.2) is 24.4 Å². The molecule has 0 amide bonds. The molecule has 1 aliphatic heterocycles. The molecule has 0 spiro atoms. The molecular formula is C15H20ClN3. The molecule has 1 aromatic carbocycles. The molecule has 1 saturated heterocycles. The molecule has 0 bridgehead atoms. The first kappa shape index (κ1) is 13.0. The minimum atomic E-state index is 0.821. The summed E-state index contributed by atoms with van der Waals surface area (Å²) < 4.78 is 2.19. The Kier molecular flexibility index (Phi) is 3.78. The van der Waals surface area contributed by atoms with Gasteiger partial charge in [-0.05, 0) is 30.2 Å². The highest BCUT2D eigenvalue weighted by Gasteiger charge is 2.12. The molecule has 3 rings (SSSR count). The van der Waals surface area contributed by atoms with Crippen LogP contribution in [0.1, 0.15) is 5.56 Å². The lowest BCUT2D eigenvalue weighted by atomic mass is 10.1. The molecule has 1 N–H and O–H groups in total. The topological polar surface area (TPSA) is 20.2 Å². The highest BCUT2D eigenvalue weighted by Crippen LogP contribution is 2.24. The van der Waals surface area contributed by atoms with Crippen molar-refractivity contribution in [2.75, 3.05) is 32.7 Å². The number of hydrogen-bond acceptors (Lipinski definition) is 2. The first-order chi connectivity index (χ1) is 9.24. The maximum absolute atomic E-state index is 6.12. The van der Waals surface area contributed by atoms with E-state index in [1.807, 2.05) is 6.07 Å². The summed E-state index contributed by atoms with van der Waals surface area (Å²) in [5.74, 6) is 0. The van der Waals surface area contributed by atoms with Crippen molar-refractivity contribution in [3.8, 4) is 0 Å². The van der Waals surface area contributed by atoms with Gasteiger partial charge in [-0.15, -0.1) is 0 Å². The number of hydrogen-bond donors (Lipinski definition) is 1. The number of benzene rings is 1. The fourth-order valence-corrected chi connectivity index (χ4v) is 3.03. The lowest BCUT2D eigenvalue weighted by Crippen LogP contribution is -2.44. The predicted molar refractivity (Wildman–Crippen MR) is 80.9 cm³/mol. The molecule has 0 aliphatic carbocycles. The largest absolute Gasteiger partial charge is 0.350 e. The van der Waals surface area contributed by atoms with E-state index in [4.69, 9.17) is 11.6 Å². The second-order valence-electron chi connectivity index (χ2n) is 5.27. The van der Waals surface area contributed by atoms with E-state index in [-0.39, 0.29) is 0 Å². The molecule has 0 saturated carbocycles. The van der Waals surface area contributed by atoms with Gasteiger partial charge in [0.25, 0.3) is 0 Å². The summed E-state index contributed by atoms with van der Waals surface area (Å²) in [6, 6.07) is 6.15. The van der Waals surface area contributed by atoms with Crippen LogP contribution in [0.2, 0.25) is 5.02 Å². The van der Waals surface area contributed by atoms with Gasteiger partial charge in [0, 0.05) is 61.9 Å². The quantitative estimate of drug-likeness (QED) is 0.929. The van der Waals surface area contributed by atoms with Gasteiger partial charge in [0.2, 0.25) is 0 Å². The normalized spacial score (nSPS) is 17.2. The number of nitrogens with one attached hydrogen (secondary N) is 1. The van der Waals surface area contributed by atoms with Crippen LogP contribution in [-0.4, -0.2) is 42.2 Å². The van der Waals surface area contributed by atoms with E-state index < -0.39 is 0 Å². The van der Waals surface area contributed by atoms with Gasteiger partial charge in [0.05, 0.1) is 0 Å². The van der Waals surface area contributed by atoms with E-state index in [9.17, 15) is 0 Å². The number of fused-ring (bicyclic) bond motifs is 1. The maximum Gasteiger partial charge on any atom is 0.0481 e. The summed E-state index contributed by atoms with van der Waals surface area (Å²) >= 11 is 6.12. The van der Waals surface area contributed by atoms with Crippen molar-refractivity contribution < 1.29 is 0 Å². The average Bonchev–Trinajstić information content (AvgIpc) is 2.74. The number of halogens is 1. The Labute approximate surface area is 119 Å². The molecule has 1 fully saturated rings. The Morgan fingerprint density at radius 1 is 1.26 bits per heavy atom. The van der Waals surface area contributed by atoms with E-state index >= 15 is 0 Å². The van der Waals surface area contributed by atoms with Crippen LogP contribution in [0.5, 0.6) is 0 Å². The Morgan fingerprint density at radius 3 is 2.84 bits per heavy atom. The molecule has 4 heteroatoms. The van der Waals surface area contributed by atoms with Crippen LogP contribution in [-0.2, 0) is 13.5 Å². The number of rotatable bonds is 3. The van der Waals surface area contributed by atoms with Gasteiger partial charge < -0.3 is 14.8 Å². The third-order valence-corrected chi connectivity index (χ3v) is 4.18. The smallest absolute Gasteiger partial charge is 0.0481 e. The van der Waals surface area contributed by atoms with Crippen LogP contribution < -0.4 is 5.32 Å². The SMILES string of the molecule is Cn1cc(CCN2CCNCC2)c2cc(Cl)ccc21. The van der Waals surface area contributed by atoms with Crippen molar-refractivity contribution in [1.82, 2.24) is 14.8 Å². The summed E-state index contributed by atoms with van der Waals surface area (Å²) in [6.45, 7) is 5.67. The number of piperazine rings is 1. The van der Waals surface area contributed by atoms with Crippen LogP contribution in [0.4, 0.5) is 0 Å². The molecule has 19 heavy (non-hydrogen) atoms. The van der Waals surface area contributed by atoms with Crippen molar-refractivity contribution in [1.29, 1.82) is 0 Å². The first-order valence-corrected chi connectivity index (χ1v) is 7.28. The highest BCUT2D eigenvalue weighted by molar-refractivity contribution is 6.31. The molecule has 1 aromatic heterocycles. The molecule has 0 radical (unpaired) electrons. The van der Waals surface area contributed by atoms with Gasteiger partial charge in [-0.3, -0.25) is 0 Å². The number of aromatic nitrogens is 1. The molecule has 102 valence electrons. The molecule has 0 unspecified atom stereocenters. The first-order valence-electron chi connectivity index (χ1n) is 6.90. The van der Waals surface area contributed by atoms with Crippen molar-refractivity contribution >= 4 is 22.5 Å². The second kappa shape index (κ2) is 5.53. The van der Waals surface area contributed by atoms with Gasteiger partial charge in [-0.2, -0.15) is 0 Å². The molecule has 0 atom stereocenters. The minimum absolute atomic E-state index is 0.821. The summed E-state index contributed by atoms with van der Waals surface area (Å²) in [7, 11) is 2.10. The zero-order valence-corrected chi connectivity index (χ0v) is 12.1. The third kappa shape index (κ3) is 2.78. The van der Waals surface area contributed by atoms with Gasteiger partial charge in [-0.25, -0.2) is 0 Å². The van der Waals surface area contributed by atoms with E-state index in [0.717, 1.165) is 44.2 Å². The van der Waals surface area contributed by atoms with Crippen molar-refractivity contribution in [2.24, 2.45) is 7.05 Å². The van der Waals surface area contributed by atoms with Crippen molar-refractivity contribution in [2.45, 2.75) is 6.42 Å². The zero-order chi connectivity index (χ0) is 13.2. The summed E-state index contributed by atoms with van der Waals surface area (Å²) in [5.41, 5.74) is 2.67. The zero-order valence-electron chi connectivity index (χ0n) is 11.3. The maximum atomic E-state index is 6.12.